The molecule has 0 saturated carbocycles. The largest absolute Gasteiger partial charge is 0.497 e. The van der Waals surface area contributed by atoms with Gasteiger partial charge in [-0.05, 0) is 36.8 Å². The average molecular weight is 343 g/mol. The highest BCUT2D eigenvalue weighted by Crippen LogP contribution is 2.34. The predicted octanol–water partition coefficient (Wildman–Crippen LogP) is 3.92. The van der Waals surface area contributed by atoms with Gasteiger partial charge in [-0.15, -0.1) is 0 Å². The highest BCUT2D eigenvalue weighted by molar-refractivity contribution is 7.83. The Hall–Kier alpha value is -1.86. The molecule has 0 aromatic heterocycles. The van der Waals surface area contributed by atoms with E-state index in [4.69, 9.17) is 4.74 Å². The number of methoxy groups -OCH3 is 1. The first-order valence-electron chi connectivity index (χ1n) is 6.76. The van der Waals surface area contributed by atoms with Crippen molar-refractivity contribution in [3.8, 4) is 5.75 Å². The lowest BCUT2D eigenvalue weighted by molar-refractivity contribution is -0.152. The zero-order chi connectivity index (χ0) is 17.0. The van der Waals surface area contributed by atoms with Crippen LogP contribution in [-0.4, -0.2) is 17.5 Å². The van der Waals surface area contributed by atoms with Crippen molar-refractivity contribution >= 4 is 11.0 Å². The SMILES string of the molecule is COc1ccc([C@@H](NS(=O)c2ccc(C)cc2)C(F)(F)F)cc1. The van der Waals surface area contributed by atoms with Gasteiger partial charge in [-0.1, -0.05) is 29.8 Å². The quantitative estimate of drug-likeness (QED) is 0.894. The van der Waals surface area contributed by atoms with E-state index in [-0.39, 0.29) is 5.56 Å². The van der Waals surface area contributed by atoms with Crippen LogP contribution in [0.3, 0.4) is 0 Å². The molecule has 2 aromatic rings. The molecule has 1 unspecified atom stereocenters. The minimum Gasteiger partial charge on any atom is -0.497 e. The van der Waals surface area contributed by atoms with E-state index in [9.17, 15) is 17.4 Å². The molecule has 2 aromatic carbocycles. The summed E-state index contributed by atoms with van der Waals surface area (Å²) in [5.74, 6) is 0.453. The van der Waals surface area contributed by atoms with Gasteiger partial charge in [0.15, 0.2) is 0 Å². The molecule has 124 valence electrons. The van der Waals surface area contributed by atoms with Gasteiger partial charge in [-0.3, -0.25) is 0 Å². The monoisotopic (exact) mass is 343 g/mol. The maximum absolute atomic E-state index is 13.3. The molecule has 0 aliphatic heterocycles. The second kappa shape index (κ2) is 7.14. The molecule has 0 aliphatic rings. The van der Waals surface area contributed by atoms with E-state index >= 15 is 0 Å². The minimum absolute atomic E-state index is 0.0289. The molecule has 2 rings (SSSR count). The summed E-state index contributed by atoms with van der Waals surface area (Å²) in [7, 11) is -0.546. The van der Waals surface area contributed by atoms with Gasteiger partial charge in [0.2, 0.25) is 0 Å². The fourth-order valence-electron chi connectivity index (χ4n) is 1.96. The van der Waals surface area contributed by atoms with Crippen molar-refractivity contribution in [2.75, 3.05) is 7.11 Å². The van der Waals surface area contributed by atoms with Crippen LogP contribution in [0.1, 0.15) is 17.2 Å². The Kier molecular flexibility index (Phi) is 5.43. The van der Waals surface area contributed by atoms with E-state index in [1.165, 1.54) is 31.4 Å². The molecule has 0 aliphatic carbocycles. The van der Waals surface area contributed by atoms with Gasteiger partial charge in [-0.25, -0.2) is 8.93 Å². The summed E-state index contributed by atoms with van der Waals surface area (Å²) in [5.41, 5.74) is 0.909. The lowest BCUT2D eigenvalue weighted by Crippen LogP contribution is -2.35. The zero-order valence-corrected chi connectivity index (χ0v) is 13.4. The minimum atomic E-state index is -4.57. The number of rotatable bonds is 5. The van der Waals surface area contributed by atoms with E-state index in [0.717, 1.165) is 5.56 Å². The van der Waals surface area contributed by atoms with Crippen molar-refractivity contribution in [3.05, 3.63) is 59.7 Å². The first-order valence-corrected chi connectivity index (χ1v) is 7.91. The van der Waals surface area contributed by atoms with Crippen LogP contribution in [0.15, 0.2) is 53.4 Å². The first kappa shape index (κ1) is 17.5. The number of alkyl halides is 3. The van der Waals surface area contributed by atoms with Gasteiger partial charge in [-0.2, -0.15) is 13.2 Å². The Bertz CT molecular complexity index is 669. The van der Waals surface area contributed by atoms with Crippen molar-refractivity contribution in [1.29, 1.82) is 0 Å². The van der Waals surface area contributed by atoms with E-state index in [1.54, 1.807) is 24.3 Å². The number of hydrogen-bond donors (Lipinski definition) is 1. The molecular weight excluding hydrogens is 327 g/mol. The van der Waals surface area contributed by atoms with E-state index in [0.29, 0.717) is 10.6 Å². The summed E-state index contributed by atoms with van der Waals surface area (Å²) in [5, 5.41) is 0. The second-order valence-corrected chi connectivity index (χ2v) is 6.19. The van der Waals surface area contributed by atoms with Gasteiger partial charge in [0.05, 0.1) is 12.0 Å². The summed E-state index contributed by atoms with van der Waals surface area (Å²) >= 11 is 0. The van der Waals surface area contributed by atoms with Crippen LogP contribution in [0.5, 0.6) is 5.75 Å². The smallest absolute Gasteiger partial charge is 0.408 e. The van der Waals surface area contributed by atoms with E-state index in [1.807, 2.05) is 6.92 Å². The lowest BCUT2D eigenvalue weighted by atomic mass is 10.1. The molecule has 2 atom stereocenters. The lowest BCUT2D eigenvalue weighted by Gasteiger charge is -2.21. The van der Waals surface area contributed by atoms with Crippen molar-refractivity contribution < 1.29 is 22.1 Å². The van der Waals surface area contributed by atoms with Crippen LogP contribution in [-0.2, 0) is 11.0 Å². The van der Waals surface area contributed by atoms with Crippen LogP contribution < -0.4 is 9.46 Å². The number of aryl methyl sites for hydroxylation is 1. The van der Waals surface area contributed by atoms with Crippen LogP contribution >= 0.6 is 0 Å². The molecule has 0 fully saturated rings. The Morgan fingerprint density at radius 2 is 1.61 bits per heavy atom. The Labute approximate surface area is 135 Å². The number of nitrogens with one attached hydrogen (secondary N) is 1. The summed E-state index contributed by atoms with van der Waals surface area (Å²) in [4.78, 5) is 0.290. The van der Waals surface area contributed by atoms with Gasteiger partial charge in [0, 0.05) is 0 Å². The Morgan fingerprint density at radius 3 is 2.09 bits per heavy atom. The molecule has 0 spiro atoms. The van der Waals surface area contributed by atoms with E-state index in [2.05, 4.69) is 4.72 Å². The first-order chi connectivity index (χ1) is 10.8. The molecule has 7 heteroatoms. The third-order valence-corrected chi connectivity index (χ3v) is 4.39. The fourth-order valence-corrected chi connectivity index (χ4v) is 2.96. The van der Waals surface area contributed by atoms with Crippen LogP contribution in [0.4, 0.5) is 13.2 Å². The molecule has 1 N–H and O–H groups in total. The van der Waals surface area contributed by atoms with Crippen molar-refractivity contribution in [1.82, 2.24) is 4.72 Å². The van der Waals surface area contributed by atoms with Crippen molar-refractivity contribution in [2.45, 2.75) is 24.0 Å². The molecule has 0 bridgehead atoms. The van der Waals surface area contributed by atoms with Crippen LogP contribution in [0, 0.1) is 6.92 Å². The van der Waals surface area contributed by atoms with Gasteiger partial charge in [0.1, 0.15) is 22.8 Å². The van der Waals surface area contributed by atoms with Crippen molar-refractivity contribution in [2.24, 2.45) is 0 Å². The summed E-state index contributed by atoms with van der Waals surface area (Å²) in [6.45, 7) is 1.84. The van der Waals surface area contributed by atoms with Crippen LogP contribution in [0.2, 0.25) is 0 Å². The molecule has 0 amide bonds. The van der Waals surface area contributed by atoms with Gasteiger partial charge >= 0.3 is 6.18 Å². The maximum Gasteiger partial charge on any atom is 0.408 e. The number of halogens is 3. The number of hydrogen-bond acceptors (Lipinski definition) is 2. The molecule has 0 saturated heterocycles. The predicted molar refractivity (Wildman–Crippen MR) is 82.5 cm³/mol. The number of benzene rings is 2. The summed E-state index contributed by atoms with van der Waals surface area (Å²) < 4.78 is 59.2. The third kappa shape index (κ3) is 4.56. The fraction of sp³-hybridized carbons (Fsp3) is 0.250. The Morgan fingerprint density at radius 1 is 1.04 bits per heavy atom. The molecule has 3 nitrogen and oxygen atoms in total. The number of ether oxygens (including phenoxy) is 1. The van der Waals surface area contributed by atoms with E-state index < -0.39 is 23.2 Å². The summed E-state index contributed by atoms with van der Waals surface area (Å²) in [6, 6.07) is 9.92. The standard InChI is InChI=1S/C16H16F3NO2S/c1-11-3-9-14(10-4-11)23(21)20-15(16(17,18)19)12-5-7-13(22-2)8-6-12/h3-10,15,20H,1-2H3/t15-,23?/m1/s1. The van der Waals surface area contributed by atoms with Crippen molar-refractivity contribution in [3.63, 3.8) is 0 Å². The highest BCUT2D eigenvalue weighted by Gasteiger charge is 2.41. The second-order valence-electron chi connectivity index (χ2n) is 4.95. The highest BCUT2D eigenvalue weighted by atomic mass is 32.2. The molecule has 23 heavy (non-hydrogen) atoms. The Balaban J connectivity index is 2.25. The average Bonchev–Trinajstić information content (AvgIpc) is 2.52. The topological polar surface area (TPSA) is 38.3 Å². The normalized spacial score (nSPS) is 14.3. The van der Waals surface area contributed by atoms with Crippen LogP contribution in [0.25, 0.3) is 0 Å². The summed E-state index contributed by atoms with van der Waals surface area (Å²) in [6.07, 6.45) is -4.57. The zero-order valence-electron chi connectivity index (χ0n) is 12.6. The molecule has 0 heterocycles. The van der Waals surface area contributed by atoms with Gasteiger partial charge in [0.25, 0.3) is 0 Å². The maximum atomic E-state index is 13.3. The van der Waals surface area contributed by atoms with Gasteiger partial charge < -0.3 is 4.74 Å². The molecular formula is C16H16F3NO2S. The molecule has 0 radical (unpaired) electrons. The third-order valence-electron chi connectivity index (χ3n) is 3.24.